The molecule has 0 N–H and O–H groups in total. The van der Waals surface area contributed by atoms with Crippen LogP contribution in [0.3, 0.4) is 0 Å². The van der Waals surface area contributed by atoms with Crippen LogP contribution in [0, 0.1) is 0 Å². The van der Waals surface area contributed by atoms with Crippen LogP contribution in [0.2, 0.25) is 0 Å². The number of benzene rings is 6. The van der Waals surface area contributed by atoms with E-state index in [4.69, 9.17) is 28.4 Å². The van der Waals surface area contributed by atoms with Crippen LogP contribution < -0.4 is 18.9 Å². The molecule has 8 nitrogen and oxygen atoms in total. The SMILES string of the molecule is C=C(C)C(=O)OC(CCOc1ccc(-c2ccccc2OCCC(OC(=O)C(=C)C)Oc2cccc3ccccc23)cc1)Oc1cccc2ccccc12. The van der Waals surface area contributed by atoms with Crippen LogP contribution in [-0.4, -0.2) is 37.7 Å². The summed E-state index contributed by atoms with van der Waals surface area (Å²) in [6, 6.07) is 42.6. The van der Waals surface area contributed by atoms with E-state index in [1.54, 1.807) is 13.8 Å². The molecule has 54 heavy (non-hydrogen) atoms. The Balaban J connectivity index is 1.08. The molecule has 274 valence electrons. The van der Waals surface area contributed by atoms with Gasteiger partial charge in [0.15, 0.2) is 0 Å². The van der Waals surface area contributed by atoms with Crippen LogP contribution >= 0.6 is 0 Å². The first-order chi connectivity index (χ1) is 26.2. The highest BCUT2D eigenvalue weighted by Gasteiger charge is 2.20. The highest BCUT2D eigenvalue weighted by Crippen LogP contribution is 2.32. The Hall–Kier alpha value is -6.54. The van der Waals surface area contributed by atoms with Crippen molar-refractivity contribution >= 4 is 33.5 Å². The summed E-state index contributed by atoms with van der Waals surface area (Å²) in [7, 11) is 0. The van der Waals surface area contributed by atoms with Gasteiger partial charge in [-0.25, -0.2) is 9.59 Å². The van der Waals surface area contributed by atoms with Crippen LogP contribution in [0.5, 0.6) is 23.0 Å². The fourth-order valence-electron chi connectivity index (χ4n) is 5.70. The summed E-state index contributed by atoms with van der Waals surface area (Å²) in [5.41, 5.74) is 2.36. The first-order valence-electron chi connectivity index (χ1n) is 17.7. The third kappa shape index (κ3) is 9.66. The van der Waals surface area contributed by atoms with Crippen molar-refractivity contribution in [3.63, 3.8) is 0 Å². The highest BCUT2D eigenvalue weighted by molar-refractivity contribution is 5.90. The first kappa shape index (κ1) is 37.2. The Labute approximate surface area is 315 Å². The summed E-state index contributed by atoms with van der Waals surface area (Å²) >= 11 is 0. The minimum atomic E-state index is -0.898. The predicted molar refractivity (Wildman–Crippen MR) is 211 cm³/mol. The topological polar surface area (TPSA) is 89.5 Å². The number of carbonyl (C=O) groups excluding carboxylic acids is 2. The molecule has 0 fully saturated rings. The van der Waals surface area contributed by atoms with Gasteiger partial charge >= 0.3 is 11.9 Å². The number of hydrogen-bond donors (Lipinski definition) is 0. The Bertz CT molecular complexity index is 2250. The summed E-state index contributed by atoms with van der Waals surface area (Å²) in [6.07, 6.45) is -1.22. The maximum Gasteiger partial charge on any atom is 0.336 e. The van der Waals surface area contributed by atoms with Crippen molar-refractivity contribution in [2.75, 3.05) is 13.2 Å². The lowest BCUT2D eigenvalue weighted by Crippen LogP contribution is -2.27. The average Bonchev–Trinajstić information content (AvgIpc) is 3.18. The van der Waals surface area contributed by atoms with Gasteiger partial charge in [-0.15, -0.1) is 0 Å². The molecule has 0 aliphatic rings. The number of rotatable bonds is 17. The molecule has 0 aliphatic heterocycles. The van der Waals surface area contributed by atoms with Crippen LogP contribution in [0.25, 0.3) is 32.7 Å². The fourth-order valence-corrected chi connectivity index (χ4v) is 5.70. The minimum absolute atomic E-state index is 0.217. The zero-order valence-corrected chi connectivity index (χ0v) is 30.4. The standard InChI is InChI=1S/C46H42O8/c1-31(2)45(47)53-43(51-41-21-11-15-33-13-5-7-18-38(33)41)27-29-49-36-25-23-35(24-26-36)37-17-9-10-20-40(37)50-30-28-44(54-46(48)32(3)4)52-42-22-12-16-34-14-6-8-19-39(34)42/h5-26,43-44H,1,3,27-30H2,2,4H3. The maximum atomic E-state index is 12.5. The summed E-state index contributed by atoms with van der Waals surface area (Å²) in [5, 5.41) is 3.86. The van der Waals surface area contributed by atoms with Crippen molar-refractivity contribution in [3.05, 3.63) is 158 Å². The lowest BCUT2D eigenvalue weighted by Gasteiger charge is -2.21. The molecule has 0 radical (unpaired) electrons. The van der Waals surface area contributed by atoms with Gasteiger partial charge in [0.2, 0.25) is 12.6 Å². The van der Waals surface area contributed by atoms with Gasteiger partial charge in [0.1, 0.15) is 23.0 Å². The van der Waals surface area contributed by atoms with E-state index in [0.717, 1.165) is 32.7 Å². The van der Waals surface area contributed by atoms with Gasteiger partial charge in [-0.05, 0) is 60.5 Å². The van der Waals surface area contributed by atoms with Crippen molar-refractivity contribution in [3.8, 4) is 34.1 Å². The van der Waals surface area contributed by atoms with E-state index in [1.165, 1.54) is 0 Å². The number of carbonyl (C=O) groups is 2. The Morgan fingerprint density at radius 2 is 0.963 bits per heavy atom. The second-order valence-electron chi connectivity index (χ2n) is 12.7. The molecular formula is C46H42O8. The van der Waals surface area contributed by atoms with E-state index in [-0.39, 0.29) is 37.2 Å². The van der Waals surface area contributed by atoms with Crippen molar-refractivity contribution in [2.24, 2.45) is 0 Å². The average molecular weight is 723 g/mol. The Morgan fingerprint density at radius 1 is 0.519 bits per heavy atom. The quantitative estimate of drug-likeness (QED) is 0.0522. The second-order valence-corrected chi connectivity index (χ2v) is 12.7. The van der Waals surface area contributed by atoms with E-state index < -0.39 is 24.5 Å². The molecule has 0 bridgehead atoms. The van der Waals surface area contributed by atoms with Gasteiger partial charge in [0.05, 0.1) is 26.1 Å². The minimum Gasteiger partial charge on any atom is -0.493 e. The van der Waals surface area contributed by atoms with E-state index in [1.807, 2.05) is 133 Å². The first-order valence-corrected chi connectivity index (χ1v) is 17.7. The molecule has 6 rings (SSSR count). The zero-order chi connectivity index (χ0) is 37.9. The van der Waals surface area contributed by atoms with E-state index in [9.17, 15) is 9.59 Å². The molecule has 6 aromatic carbocycles. The monoisotopic (exact) mass is 722 g/mol. The highest BCUT2D eigenvalue weighted by atomic mass is 16.7. The molecule has 0 aromatic heterocycles. The van der Waals surface area contributed by atoms with Crippen molar-refractivity contribution < 1.29 is 38.0 Å². The molecule has 0 saturated carbocycles. The van der Waals surface area contributed by atoms with Gasteiger partial charge in [-0.1, -0.05) is 116 Å². The summed E-state index contributed by atoms with van der Waals surface area (Å²) in [6.45, 7) is 11.1. The van der Waals surface area contributed by atoms with Gasteiger partial charge < -0.3 is 28.4 Å². The Morgan fingerprint density at radius 3 is 1.50 bits per heavy atom. The van der Waals surface area contributed by atoms with Gasteiger partial charge in [-0.2, -0.15) is 0 Å². The van der Waals surface area contributed by atoms with Crippen LogP contribution in [0.15, 0.2) is 158 Å². The van der Waals surface area contributed by atoms with Crippen molar-refractivity contribution in [1.29, 1.82) is 0 Å². The van der Waals surface area contributed by atoms with E-state index in [2.05, 4.69) is 13.2 Å². The van der Waals surface area contributed by atoms with Crippen LogP contribution in [0.4, 0.5) is 0 Å². The lowest BCUT2D eigenvalue weighted by atomic mass is 10.0. The Kier molecular flexibility index (Phi) is 12.3. The number of fused-ring (bicyclic) bond motifs is 2. The number of ether oxygens (including phenoxy) is 6. The number of para-hydroxylation sites is 1. The molecule has 0 heterocycles. The summed E-state index contributed by atoms with van der Waals surface area (Å²) < 4.78 is 36.0. The molecule has 8 heteroatoms. The smallest absolute Gasteiger partial charge is 0.336 e. The lowest BCUT2D eigenvalue weighted by molar-refractivity contribution is -0.161. The summed E-state index contributed by atoms with van der Waals surface area (Å²) in [4.78, 5) is 24.9. The van der Waals surface area contributed by atoms with E-state index >= 15 is 0 Å². The van der Waals surface area contributed by atoms with Gasteiger partial charge in [0.25, 0.3) is 0 Å². The largest absolute Gasteiger partial charge is 0.493 e. The molecular weight excluding hydrogens is 680 g/mol. The molecule has 6 aromatic rings. The van der Waals surface area contributed by atoms with E-state index in [0.29, 0.717) is 23.0 Å². The summed E-state index contributed by atoms with van der Waals surface area (Å²) in [5.74, 6) is 1.44. The third-order valence-corrected chi connectivity index (χ3v) is 8.48. The second kappa shape index (κ2) is 17.8. The number of hydrogen-bond acceptors (Lipinski definition) is 8. The van der Waals surface area contributed by atoms with Crippen LogP contribution in [0.1, 0.15) is 26.7 Å². The van der Waals surface area contributed by atoms with Gasteiger partial charge in [0, 0.05) is 27.5 Å². The normalized spacial score (nSPS) is 12.0. The predicted octanol–water partition coefficient (Wildman–Crippen LogP) is 10.2. The van der Waals surface area contributed by atoms with Crippen molar-refractivity contribution in [2.45, 2.75) is 39.3 Å². The molecule has 0 saturated heterocycles. The van der Waals surface area contributed by atoms with Crippen molar-refractivity contribution in [1.82, 2.24) is 0 Å². The maximum absolute atomic E-state index is 12.5. The molecule has 0 amide bonds. The molecule has 0 spiro atoms. The van der Waals surface area contributed by atoms with Gasteiger partial charge in [-0.3, -0.25) is 0 Å². The van der Waals surface area contributed by atoms with Crippen LogP contribution in [-0.2, 0) is 19.1 Å². The molecule has 2 unspecified atom stereocenters. The fraction of sp³-hybridized carbons (Fsp3) is 0.174. The third-order valence-electron chi connectivity index (χ3n) is 8.48. The molecule has 2 atom stereocenters. The zero-order valence-electron chi connectivity index (χ0n) is 30.4. The number of esters is 2. The molecule has 0 aliphatic carbocycles.